The van der Waals surface area contributed by atoms with E-state index in [1.807, 2.05) is 25.3 Å². The zero-order valence-corrected chi connectivity index (χ0v) is 13.5. The van der Waals surface area contributed by atoms with Crippen LogP contribution in [0.5, 0.6) is 0 Å². The molecule has 4 nitrogen and oxygen atoms in total. The van der Waals surface area contributed by atoms with Crippen LogP contribution < -0.4 is 5.56 Å². The normalized spacial score (nSPS) is 14.3. The van der Waals surface area contributed by atoms with Crippen LogP contribution in [0.1, 0.15) is 37.1 Å². The van der Waals surface area contributed by atoms with Crippen molar-refractivity contribution in [2.24, 2.45) is 0 Å². The molecule has 0 atom stereocenters. The van der Waals surface area contributed by atoms with E-state index < -0.39 is 0 Å². The van der Waals surface area contributed by atoms with E-state index in [1.165, 1.54) is 18.4 Å². The van der Waals surface area contributed by atoms with Gasteiger partial charge in [-0.25, -0.2) is 4.98 Å². The molecule has 1 aliphatic carbocycles. The Kier molecular flexibility index (Phi) is 3.42. The van der Waals surface area contributed by atoms with Crippen molar-refractivity contribution in [3.8, 4) is 5.69 Å². The molecule has 0 unspecified atom stereocenters. The summed E-state index contributed by atoms with van der Waals surface area (Å²) >= 11 is 6.24. The van der Waals surface area contributed by atoms with Gasteiger partial charge in [0.15, 0.2) is 0 Å². The fourth-order valence-electron chi connectivity index (χ4n) is 2.95. The van der Waals surface area contributed by atoms with E-state index in [9.17, 15) is 4.79 Å². The first-order valence-electron chi connectivity index (χ1n) is 7.84. The Bertz CT molecular complexity index is 960. The van der Waals surface area contributed by atoms with Crippen molar-refractivity contribution in [3.63, 3.8) is 0 Å². The van der Waals surface area contributed by atoms with Crippen LogP contribution in [0.25, 0.3) is 16.6 Å². The Balaban J connectivity index is 2.02. The summed E-state index contributed by atoms with van der Waals surface area (Å²) in [6.07, 6.45) is 6.66. The molecule has 1 aromatic carbocycles. The molecule has 1 aliphatic rings. The predicted molar refractivity (Wildman–Crippen MR) is 91.5 cm³/mol. The monoisotopic (exact) mass is 325 g/mol. The maximum absolute atomic E-state index is 13.0. The molecule has 23 heavy (non-hydrogen) atoms. The van der Waals surface area contributed by atoms with Crippen LogP contribution in [0.3, 0.4) is 0 Å². The van der Waals surface area contributed by atoms with E-state index in [4.69, 9.17) is 11.6 Å². The van der Waals surface area contributed by atoms with E-state index in [2.05, 4.69) is 16.0 Å². The van der Waals surface area contributed by atoms with Gasteiger partial charge in [0.2, 0.25) is 0 Å². The lowest BCUT2D eigenvalue weighted by atomic mass is 10.1. The van der Waals surface area contributed by atoms with E-state index >= 15 is 0 Å². The van der Waals surface area contributed by atoms with Gasteiger partial charge in [0.05, 0.1) is 27.8 Å². The number of nitrogens with zero attached hydrogens (tertiary/aromatic N) is 3. The number of fused-ring (bicyclic) bond motifs is 1. The Morgan fingerprint density at radius 1 is 1.30 bits per heavy atom. The Morgan fingerprint density at radius 3 is 2.87 bits per heavy atom. The van der Waals surface area contributed by atoms with Gasteiger partial charge in [-0.2, -0.15) is 0 Å². The zero-order valence-electron chi connectivity index (χ0n) is 12.8. The third-order valence-electron chi connectivity index (χ3n) is 4.28. The lowest BCUT2D eigenvalue weighted by Crippen LogP contribution is -2.24. The highest BCUT2D eigenvalue weighted by Gasteiger charge is 2.24. The molecule has 3 aromatic rings. The van der Waals surface area contributed by atoms with E-state index in [-0.39, 0.29) is 5.56 Å². The topological polar surface area (TPSA) is 47.8 Å². The maximum atomic E-state index is 13.0. The van der Waals surface area contributed by atoms with E-state index in [0.717, 1.165) is 11.5 Å². The van der Waals surface area contributed by atoms with Crippen LogP contribution in [0.15, 0.2) is 41.5 Å². The fraction of sp³-hybridized carbons (Fsp3) is 0.278. The molecule has 0 N–H and O–H groups in total. The van der Waals surface area contributed by atoms with Gasteiger partial charge in [-0.05, 0) is 42.5 Å². The molecule has 2 aromatic heterocycles. The number of hydrogen-bond acceptors (Lipinski definition) is 3. The van der Waals surface area contributed by atoms with Crippen molar-refractivity contribution in [3.05, 3.63) is 63.4 Å². The number of halogens is 1. The van der Waals surface area contributed by atoms with Crippen molar-refractivity contribution < 1.29 is 0 Å². The van der Waals surface area contributed by atoms with Gasteiger partial charge in [0, 0.05) is 12.6 Å². The van der Waals surface area contributed by atoms with E-state index in [0.29, 0.717) is 28.3 Å². The van der Waals surface area contributed by atoms with Gasteiger partial charge in [-0.15, -0.1) is 0 Å². The van der Waals surface area contributed by atoms with Crippen molar-refractivity contribution in [2.45, 2.75) is 32.1 Å². The minimum absolute atomic E-state index is 0.132. The highest BCUT2D eigenvalue weighted by Crippen LogP contribution is 2.40. The molecule has 4 rings (SSSR count). The lowest BCUT2D eigenvalue weighted by molar-refractivity contribution is 0.827. The summed E-state index contributed by atoms with van der Waals surface area (Å²) in [7, 11) is 0. The zero-order chi connectivity index (χ0) is 16.0. The van der Waals surface area contributed by atoms with Gasteiger partial charge in [-0.3, -0.25) is 14.3 Å². The minimum atomic E-state index is -0.132. The average Bonchev–Trinajstić information content (AvgIpc) is 3.39. The number of hydrogen-bond donors (Lipinski definition) is 0. The number of pyridine rings is 1. The van der Waals surface area contributed by atoms with Crippen LogP contribution >= 0.6 is 11.6 Å². The predicted octanol–water partition coefficient (Wildman–Crippen LogP) is 3.87. The van der Waals surface area contributed by atoms with Gasteiger partial charge >= 0.3 is 0 Å². The van der Waals surface area contributed by atoms with Crippen molar-refractivity contribution in [1.29, 1.82) is 0 Å². The minimum Gasteiger partial charge on any atom is -0.268 e. The summed E-state index contributed by atoms with van der Waals surface area (Å²) in [5.41, 5.74) is 2.47. The number of aryl methyl sites for hydroxylation is 1. The third-order valence-corrected chi connectivity index (χ3v) is 4.60. The fourth-order valence-corrected chi connectivity index (χ4v) is 3.20. The Labute approximate surface area is 138 Å². The first kappa shape index (κ1) is 14.4. The molecular formula is C18H16ClN3O. The maximum Gasteiger partial charge on any atom is 0.267 e. The van der Waals surface area contributed by atoms with E-state index in [1.54, 1.807) is 16.8 Å². The van der Waals surface area contributed by atoms with Crippen LogP contribution in [0, 0.1) is 0 Å². The van der Waals surface area contributed by atoms with Crippen LogP contribution in [0.4, 0.5) is 0 Å². The molecule has 5 heteroatoms. The summed E-state index contributed by atoms with van der Waals surface area (Å²) in [5, 5.41) is 0.894. The lowest BCUT2D eigenvalue weighted by Gasteiger charge is -2.13. The van der Waals surface area contributed by atoms with Crippen LogP contribution in [-0.2, 0) is 6.42 Å². The highest BCUT2D eigenvalue weighted by atomic mass is 35.5. The van der Waals surface area contributed by atoms with Crippen LogP contribution in [-0.4, -0.2) is 14.5 Å². The van der Waals surface area contributed by atoms with Gasteiger partial charge < -0.3 is 0 Å². The smallest absolute Gasteiger partial charge is 0.267 e. The van der Waals surface area contributed by atoms with Gasteiger partial charge in [0.1, 0.15) is 5.82 Å². The first-order chi connectivity index (χ1) is 11.2. The Morgan fingerprint density at radius 2 is 2.13 bits per heavy atom. The van der Waals surface area contributed by atoms with Crippen molar-refractivity contribution in [2.75, 3.05) is 0 Å². The highest BCUT2D eigenvalue weighted by molar-refractivity contribution is 6.35. The third kappa shape index (κ3) is 2.43. The van der Waals surface area contributed by atoms with Crippen LogP contribution in [0.2, 0.25) is 5.02 Å². The number of aromatic nitrogens is 3. The quantitative estimate of drug-likeness (QED) is 0.734. The second-order valence-corrected chi connectivity index (χ2v) is 6.31. The second kappa shape index (κ2) is 5.46. The molecule has 0 radical (unpaired) electrons. The average molecular weight is 326 g/mol. The molecule has 2 heterocycles. The summed E-state index contributed by atoms with van der Waals surface area (Å²) in [4.78, 5) is 22.0. The molecule has 0 saturated heterocycles. The first-order valence-corrected chi connectivity index (χ1v) is 8.22. The van der Waals surface area contributed by atoms with Gasteiger partial charge in [0.25, 0.3) is 5.56 Å². The molecule has 0 amide bonds. The molecular weight excluding hydrogens is 310 g/mol. The Hall–Kier alpha value is -2.20. The summed E-state index contributed by atoms with van der Waals surface area (Å²) in [5.74, 6) is 1.31. The molecule has 1 fully saturated rings. The molecule has 1 saturated carbocycles. The number of benzene rings is 1. The molecule has 116 valence electrons. The number of rotatable bonds is 3. The standard InChI is InChI=1S/C18H16ClN3O/c1-2-16-21-15-5-3-4-14(19)17(15)18(23)22(16)13-8-12(9-20-10-13)11-6-7-11/h3-5,8-11H,2,6-7H2,1H3. The molecule has 0 aliphatic heterocycles. The molecule has 0 spiro atoms. The van der Waals surface area contributed by atoms with Crippen molar-refractivity contribution in [1.82, 2.24) is 14.5 Å². The largest absolute Gasteiger partial charge is 0.268 e. The summed E-state index contributed by atoms with van der Waals surface area (Å²) in [6.45, 7) is 1.99. The summed E-state index contributed by atoms with van der Waals surface area (Å²) < 4.78 is 1.65. The second-order valence-electron chi connectivity index (χ2n) is 5.91. The van der Waals surface area contributed by atoms with Crippen molar-refractivity contribution >= 4 is 22.5 Å². The molecule has 0 bridgehead atoms. The summed E-state index contributed by atoms with van der Waals surface area (Å²) in [6, 6.07) is 7.42. The SMILES string of the molecule is CCc1nc2cccc(Cl)c2c(=O)n1-c1cncc(C2CC2)c1. The van der Waals surface area contributed by atoms with Gasteiger partial charge in [-0.1, -0.05) is 24.6 Å².